The number of hydrogen-bond donors (Lipinski definition) is 0. The average molecular weight is 348 g/mol. The molecule has 1 saturated heterocycles. The molecule has 2 bridgehead atoms. The van der Waals surface area contributed by atoms with Crippen molar-refractivity contribution in [3.8, 4) is 5.75 Å². The molecule has 1 aliphatic heterocycles. The molecule has 4 nitrogen and oxygen atoms in total. The van der Waals surface area contributed by atoms with Gasteiger partial charge >= 0.3 is 0 Å². The summed E-state index contributed by atoms with van der Waals surface area (Å²) in [5, 5.41) is 0. The van der Waals surface area contributed by atoms with E-state index in [1.54, 1.807) is 19.2 Å². The molecule has 1 saturated carbocycles. The standard InChI is InChI=1S/C16H14BrNO3/c1-21-12-5-4-10(17)7-11(12)18-15(19)13-8-2-3-9(6-8)14(13)16(18)20/h2-5,7-9,13-14H,6H2,1H3/t8-,9-,13-,14-/m0/s1. The van der Waals surface area contributed by atoms with E-state index in [1.807, 2.05) is 6.07 Å². The predicted molar refractivity (Wildman–Crippen MR) is 80.9 cm³/mol. The number of imide groups is 1. The first-order valence-electron chi connectivity index (χ1n) is 7.01. The molecule has 21 heavy (non-hydrogen) atoms. The summed E-state index contributed by atoms with van der Waals surface area (Å²) in [6, 6.07) is 5.37. The molecule has 3 aliphatic rings. The van der Waals surface area contributed by atoms with Crippen molar-refractivity contribution in [1.29, 1.82) is 0 Å². The lowest BCUT2D eigenvalue weighted by molar-refractivity contribution is -0.123. The lowest BCUT2D eigenvalue weighted by Crippen LogP contribution is -2.33. The third-order valence-corrected chi connectivity index (χ3v) is 5.35. The largest absolute Gasteiger partial charge is 0.495 e. The highest BCUT2D eigenvalue weighted by Gasteiger charge is 2.59. The van der Waals surface area contributed by atoms with E-state index in [9.17, 15) is 9.59 Å². The zero-order valence-electron chi connectivity index (χ0n) is 11.5. The maximum Gasteiger partial charge on any atom is 0.238 e. The molecular formula is C16H14BrNO3. The minimum Gasteiger partial charge on any atom is -0.495 e. The predicted octanol–water partition coefficient (Wildman–Crippen LogP) is 2.77. The number of rotatable bonds is 2. The van der Waals surface area contributed by atoms with E-state index in [1.165, 1.54) is 4.90 Å². The van der Waals surface area contributed by atoms with Gasteiger partial charge in [0.15, 0.2) is 0 Å². The monoisotopic (exact) mass is 347 g/mol. The van der Waals surface area contributed by atoms with Crippen LogP contribution in [0.3, 0.4) is 0 Å². The van der Waals surface area contributed by atoms with Crippen LogP contribution in [0.4, 0.5) is 5.69 Å². The van der Waals surface area contributed by atoms with Crippen molar-refractivity contribution in [1.82, 2.24) is 0 Å². The molecule has 2 aliphatic carbocycles. The van der Waals surface area contributed by atoms with Gasteiger partial charge in [0.2, 0.25) is 11.8 Å². The van der Waals surface area contributed by atoms with Gasteiger partial charge in [0.25, 0.3) is 0 Å². The molecule has 0 N–H and O–H groups in total. The topological polar surface area (TPSA) is 46.6 Å². The van der Waals surface area contributed by atoms with Gasteiger partial charge in [-0.1, -0.05) is 28.1 Å². The minimum absolute atomic E-state index is 0.0850. The molecule has 0 unspecified atom stereocenters. The van der Waals surface area contributed by atoms with Crippen LogP contribution in [-0.4, -0.2) is 18.9 Å². The Hall–Kier alpha value is -1.62. The first-order valence-corrected chi connectivity index (χ1v) is 7.81. The summed E-state index contributed by atoms with van der Waals surface area (Å²) in [6.45, 7) is 0. The second-order valence-electron chi connectivity index (χ2n) is 5.83. The minimum atomic E-state index is -0.184. The van der Waals surface area contributed by atoms with Crippen molar-refractivity contribution < 1.29 is 14.3 Å². The van der Waals surface area contributed by atoms with Gasteiger partial charge in [-0.2, -0.15) is 0 Å². The lowest BCUT2D eigenvalue weighted by atomic mass is 9.85. The molecular weight excluding hydrogens is 334 g/mol. The number of allylic oxidation sites excluding steroid dienone is 2. The molecule has 1 aromatic rings. The number of hydrogen-bond acceptors (Lipinski definition) is 3. The molecule has 5 heteroatoms. The maximum atomic E-state index is 12.8. The fraction of sp³-hybridized carbons (Fsp3) is 0.375. The highest BCUT2D eigenvalue weighted by Crippen LogP contribution is 2.54. The summed E-state index contributed by atoms with van der Waals surface area (Å²) < 4.78 is 6.13. The number of carbonyl (C=O) groups excluding carboxylic acids is 2. The third kappa shape index (κ3) is 1.67. The molecule has 0 aromatic heterocycles. The number of ether oxygens (including phenoxy) is 1. The summed E-state index contributed by atoms with van der Waals surface area (Å²) in [6.07, 6.45) is 5.13. The smallest absolute Gasteiger partial charge is 0.238 e. The van der Waals surface area contributed by atoms with Crippen molar-refractivity contribution in [2.75, 3.05) is 12.0 Å². The first kappa shape index (κ1) is 13.1. The first-order chi connectivity index (χ1) is 10.1. The molecule has 108 valence electrons. The molecule has 1 heterocycles. The summed E-state index contributed by atoms with van der Waals surface area (Å²) in [5.41, 5.74) is 0.538. The van der Waals surface area contributed by atoms with Crippen LogP contribution in [0, 0.1) is 23.7 Å². The van der Waals surface area contributed by atoms with Crippen molar-refractivity contribution >= 4 is 33.4 Å². The van der Waals surface area contributed by atoms with Crippen LogP contribution in [0.2, 0.25) is 0 Å². The Kier molecular flexibility index (Phi) is 2.76. The summed E-state index contributed by atoms with van der Waals surface area (Å²) >= 11 is 3.39. The van der Waals surface area contributed by atoms with Gasteiger partial charge in [0, 0.05) is 4.47 Å². The number of methoxy groups -OCH3 is 1. The van der Waals surface area contributed by atoms with E-state index in [0.717, 1.165) is 10.9 Å². The normalized spacial score (nSPS) is 33.0. The highest BCUT2D eigenvalue weighted by atomic mass is 79.9. The van der Waals surface area contributed by atoms with E-state index >= 15 is 0 Å². The van der Waals surface area contributed by atoms with Crippen LogP contribution in [0.25, 0.3) is 0 Å². The summed E-state index contributed by atoms with van der Waals surface area (Å²) in [5.74, 6) is 0.447. The molecule has 1 aromatic carbocycles. The van der Waals surface area contributed by atoms with E-state index in [-0.39, 0.29) is 35.5 Å². The van der Waals surface area contributed by atoms with Crippen LogP contribution < -0.4 is 9.64 Å². The van der Waals surface area contributed by atoms with E-state index in [2.05, 4.69) is 28.1 Å². The maximum absolute atomic E-state index is 12.8. The van der Waals surface area contributed by atoms with Gasteiger partial charge < -0.3 is 4.74 Å². The van der Waals surface area contributed by atoms with Gasteiger partial charge in [0.05, 0.1) is 24.6 Å². The lowest BCUT2D eigenvalue weighted by Gasteiger charge is -2.20. The Labute approximate surface area is 130 Å². The number of halogens is 1. The number of fused-ring (bicyclic) bond motifs is 5. The van der Waals surface area contributed by atoms with Crippen LogP contribution in [0.5, 0.6) is 5.75 Å². The summed E-state index contributed by atoms with van der Waals surface area (Å²) in [7, 11) is 1.55. The van der Waals surface area contributed by atoms with Crippen molar-refractivity contribution in [3.05, 3.63) is 34.8 Å². The number of benzene rings is 1. The van der Waals surface area contributed by atoms with Crippen LogP contribution in [0.15, 0.2) is 34.8 Å². The van der Waals surface area contributed by atoms with Crippen molar-refractivity contribution in [2.45, 2.75) is 6.42 Å². The van der Waals surface area contributed by atoms with Gasteiger partial charge in [0.1, 0.15) is 5.75 Å². The van der Waals surface area contributed by atoms with Gasteiger partial charge in [-0.25, -0.2) is 4.90 Å². The van der Waals surface area contributed by atoms with Crippen LogP contribution in [-0.2, 0) is 9.59 Å². The molecule has 2 fully saturated rings. The quantitative estimate of drug-likeness (QED) is 0.610. The van der Waals surface area contributed by atoms with Crippen molar-refractivity contribution in [3.63, 3.8) is 0 Å². The fourth-order valence-electron chi connectivity index (χ4n) is 3.98. The Bertz CT molecular complexity index is 654. The van der Waals surface area contributed by atoms with E-state index in [0.29, 0.717) is 11.4 Å². The molecule has 4 atom stereocenters. The summed E-state index contributed by atoms with van der Waals surface area (Å²) in [4.78, 5) is 26.9. The van der Waals surface area contributed by atoms with Gasteiger partial charge in [-0.15, -0.1) is 0 Å². The Balaban J connectivity index is 1.79. The Morgan fingerprint density at radius 3 is 2.33 bits per heavy atom. The van der Waals surface area contributed by atoms with Gasteiger partial charge in [-0.3, -0.25) is 9.59 Å². The zero-order valence-corrected chi connectivity index (χ0v) is 13.0. The van der Waals surface area contributed by atoms with Crippen molar-refractivity contribution in [2.24, 2.45) is 23.7 Å². The number of nitrogens with zero attached hydrogens (tertiary/aromatic N) is 1. The second kappa shape index (κ2) is 4.44. The van der Waals surface area contributed by atoms with E-state index in [4.69, 9.17) is 4.74 Å². The number of amides is 2. The molecule has 2 amide bonds. The zero-order chi connectivity index (χ0) is 14.7. The highest BCUT2D eigenvalue weighted by molar-refractivity contribution is 9.10. The Morgan fingerprint density at radius 1 is 1.14 bits per heavy atom. The van der Waals surface area contributed by atoms with Crippen LogP contribution in [0.1, 0.15) is 6.42 Å². The molecule has 4 rings (SSSR count). The number of carbonyl (C=O) groups is 2. The molecule has 0 radical (unpaired) electrons. The molecule has 0 spiro atoms. The number of anilines is 1. The fourth-order valence-corrected chi connectivity index (χ4v) is 4.33. The van der Waals surface area contributed by atoms with Gasteiger partial charge in [-0.05, 0) is 36.5 Å². The SMILES string of the molecule is COc1ccc(Br)cc1N1C(=O)[C@@H]2[C@@H](C1=O)[C@H]1C=C[C@H]2C1. The van der Waals surface area contributed by atoms with Crippen LogP contribution >= 0.6 is 15.9 Å². The second-order valence-corrected chi connectivity index (χ2v) is 6.74. The third-order valence-electron chi connectivity index (χ3n) is 4.85. The van der Waals surface area contributed by atoms with E-state index < -0.39 is 0 Å². The average Bonchev–Trinajstić information content (AvgIpc) is 3.13. The Morgan fingerprint density at radius 2 is 1.76 bits per heavy atom.